The quantitative estimate of drug-likeness (QED) is 0.513. The van der Waals surface area contributed by atoms with E-state index in [9.17, 15) is 9.18 Å². The minimum absolute atomic E-state index is 0.0504. The molecule has 4 rings (SSSR count). The van der Waals surface area contributed by atoms with Gasteiger partial charge in [0.15, 0.2) is 5.11 Å². The van der Waals surface area contributed by atoms with Gasteiger partial charge in [-0.25, -0.2) is 4.39 Å². The highest BCUT2D eigenvalue weighted by Gasteiger charge is 2.40. The average Bonchev–Trinajstić information content (AvgIpc) is 3.39. The molecule has 1 aliphatic rings. The van der Waals surface area contributed by atoms with Crippen LogP contribution < -0.4 is 10.6 Å². The number of carbonyl (C=O) groups is 1. The maximum Gasteiger partial charge on any atom is 0.226 e. The van der Waals surface area contributed by atoms with Gasteiger partial charge in [0, 0.05) is 42.8 Å². The van der Waals surface area contributed by atoms with E-state index in [0.29, 0.717) is 17.3 Å². The Morgan fingerprint density at radius 2 is 1.94 bits per heavy atom. The zero-order valence-corrected chi connectivity index (χ0v) is 19.8. The smallest absolute Gasteiger partial charge is 0.226 e. The van der Waals surface area contributed by atoms with Crippen molar-refractivity contribution >= 4 is 28.9 Å². The van der Waals surface area contributed by atoms with E-state index >= 15 is 0 Å². The molecule has 0 aliphatic carbocycles. The molecule has 172 valence electrons. The molecule has 0 saturated carbocycles. The van der Waals surface area contributed by atoms with Crippen LogP contribution in [0, 0.1) is 5.82 Å². The Labute approximate surface area is 198 Å². The van der Waals surface area contributed by atoms with Crippen LogP contribution in [0.4, 0.5) is 10.1 Å². The number of thiocarbonyl (C=S) groups is 1. The number of amides is 1. The summed E-state index contributed by atoms with van der Waals surface area (Å²) < 4.78 is 15.3. The third-order valence-electron chi connectivity index (χ3n) is 5.74. The molecule has 2 N–H and O–H groups in total. The number of carbonyl (C=O) groups excluding carboxylic acids is 1. The SMILES string of the molecule is CC(C)(C)n1ccc([C@@H]2[C@@H](c3ccccn3)NC(=S)N2CCC(=O)Nc2ccc(F)cc2)c1. The summed E-state index contributed by atoms with van der Waals surface area (Å²) in [5, 5.41) is 6.82. The van der Waals surface area contributed by atoms with Gasteiger partial charge >= 0.3 is 0 Å². The van der Waals surface area contributed by atoms with Crippen LogP contribution in [-0.2, 0) is 10.3 Å². The van der Waals surface area contributed by atoms with Crippen LogP contribution in [0.5, 0.6) is 0 Å². The summed E-state index contributed by atoms with van der Waals surface area (Å²) >= 11 is 5.68. The summed E-state index contributed by atoms with van der Waals surface area (Å²) in [6.45, 7) is 6.90. The van der Waals surface area contributed by atoms with Gasteiger partial charge in [0.25, 0.3) is 0 Å². The average molecular weight is 466 g/mol. The van der Waals surface area contributed by atoms with Gasteiger partial charge in [-0.3, -0.25) is 9.78 Å². The molecule has 1 fully saturated rings. The van der Waals surface area contributed by atoms with Gasteiger partial charge in [0.2, 0.25) is 5.91 Å². The number of pyridine rings is 1. The van der Waals surface area contributed by atoms with Gasteiger partial charge in [-0.05, 0) is 81.0 Å². The van der Waals surface area contributed by atoms with E-state index in [1.165, 1.54) is 12.1 Å². The summed E-state index contributed by atoms with van der Waals surface area (Å²) in [5.74, 6) is -0.496. The molecular formula is C25H28FN5OS. The van der Waals surface area contributed by atoms with Crippen LogP contribution in [0.25, 0.3) is 0 Å². The molecule has 1 aliphatic heterocycles. The van der Waals surface area contributed by atoms with E-state index < -0.39 is 0 Å². The number of rotatable bonds is 6. The van der Waals surface area contributed by atoms with Crippen LogP contribution >= 0.6 is 12.2 Å². The maximum atomic E-state index is 13.1. The van der Waals surface area contributed by atoms with Crippen LogP contribution in [0.2, 0.25) is 0 Å². The predicted molar refractivity (Wildman–Crippen MR) is 131 cm³/mol. The van der Waals surface area contributed by atoms with Crippen LogP contribution in [0.1, 0.15) is 50.5 Å². The topological polar surface area (TPSA) is 62.2 Å². The second kappa shape index (κ2) is 9.31. The molecule has 0 unspecified atom stereocenters. The lowest BCUT2D eigenvalue weighted by Crippen LogP contribution is -2.32. The van der Waals surface area contributed by atoms with Crippen molar-refractivity contribution < 1.29 is 9.18 Å². The second-order valence-electron chi connectivity index (χ2n) is 9.15. The molecule has 8 heteroatoms. The predicted octanol–water partition coefficient (Wildman–Crippen LogP) is 4.78. The summed E-state index contributed by atoms with van der Waals surface area (Å²) in [6.07, 6.45) is 6.23. The van der Waals surface area contributed by atoms with E-state index in [1.54, 1.807) is 18.3 Å². The number of aromatic nitrogens is 2. The van der Waals surface area contributed by atoms with Crippen molar-refractivity contribution in [1.29, 1.82) is 0 Å². The number of nitrogens with zero attached hydrogens (tertiary/aromatic N) is 3. The first-order valence-electron chi connectivity index (χ1n) is 10.9. The van der Waals surface area contributed by atoms with E-state index in [1.807, 2.05) is 18.2 Å². The highest BCUT2D eigenvalue weighted by Crippen LogP contribution is 2.39. The Bertz CT molecular complexity index is 1120. The number of hydrogen-bond acceptors (Lipinski definition) is 3. The second-order valence-corrected chi connectivity index (χ2v) is 9.53. The number of nitrogens with one attached hydrogen (secondary N) is 2. The van der Waals surface area contributed by atoms with Crippen molar-refractivity contribution in [2.24, 2.45) is 0 Å². The van der Waals surface area contributed by atoms with E-state index in [-0.39, 0.29) is 35.8 Å². The van der Waals surface area contributed by atoms with E-state index in [2.05, 4.69) is 64.3 Å². The number of benzene rings is 1. The zero-order chi connectivity index (χ0) is 23.6. The molecule has 2 aromatic heterocycles. The minimum Gasteiger partial charge on any atom is -0.352 e. The summed E-state index contributed by atoms with van der Waals surface area (Å²) in [7, 11) is 0. The third-order valence-corrected chi connectivity index (χ3v) is 6.09. The summed E-state index contributed by atoms with van der Waals surface area (Å²) in [5.41, 5.74) is 2.51. The highest BCUT2D eigenvalue weighted by molar-refractivity contribution is 7.80. The van der Waals surface area contributed by atoms with E-state index in [0.717, 1.165) is 11.3 Å². The van der Waals surface area contributed by atoms with Crippen LogP contribution in [0.15, 0.2) is 67.1 Å². The molecule has 1 saturated heterocycles. The normalized spacial score (nSPS) is 18.3. The fraction of sp³-hybridized carbons (Fsp3) is 0.320. The Balaban J connectivity index is 1.55. The lowest BCUT2D eigenvalue weighted by Gasteiger charge is -2.27. The van der Waals surface area contributed by atoms with E-state index in [4.69, 9.17) is 12.2 Å². The van der Waals surface area contributed by atoms with Crippen LogP contribution in [0.3, 0.4) is 0 Å². The highest BCUT2D eigenvalue weighted by atomic mass is 32.1. The standard InChI is InChI=1S/C25H28FN5OS/c1-25(2,3)30-14-11-17(16-30)23-22(20-6-4-5-13-27-20)29-24(33)31(23)15-12-21(32)28-19-9-7-18(26)8-10-19/h4-11,13-14,16,22-23H,12,15H2,1-3H3,(H,28,32)(H,29,33)/t22-,23-/m1/s1. The van der Waals surface area contributed by atoms with Crippen molar-refractivity contribution in [3.05, 3.63) is 84.2 Å². The van der Waals surface area contributed by atoms with Gasteiger partial charge in [0.1, 0.15) is 5.82 Å². The minimum atomic E-state index is -0.341. The number of hydrogen-bond donors (Lipinski definition) is 2. The third kappa shape index (κ3) is 5.22. The van der Waals surface area contributed by atoms with Crippen molar-refractivity contribution in [2.45, 2.75) is 44.8 Å². The molecule has 33 heavy (non-hydrogen) atoms. The molecule has 0 spiro atoms. The molecule has 0 bridgehead atoms. The lowest BCUT2D eigenvalue weighted by molar-refractivity contribution is -0.116. The van der Waals surface area contributed by atoms with Crippen LogP contribution in [-0.4, -0.2) is 32.0 Å². The Morgan fingerprint density at radius 1 is 1.18 bits per heavy atom. The van der Waals surface area contributed by atoms with Gasteiger partial charge in [0.05, 0.1) is 17.8 Å². The largest absolute Gasteiger partial charge is 0.352 e. The summed E-state index contributed by atoms with van der Waals surface area (Å²) in [6, 6.07) is 13.4. The molecule has 6 nitrogen and oxygen atoms in total. The zero-order valence-electron chi connectivity index (χ0n) is 19.0. The molecule has 2 atom stereocenters. The van der Waals surface area contributed by atoms with Gasteiger partial charge in [-0.2, -0.15) is 0 Å². The molecule has 0 radical (unpaired) electrons. The maximum absolute atomic E-state index is 13.1. The fourth-order valence-corrected chi connectivity index (χ4v) is 4.33. The Morgan fingerprint density at radius 3 is 2.58 bits per heavy atom. The van der Waals surface area contributed by atoms with Gasteiger partial charge in [-0.1, -0.05) is 6.07 Å². The van der Waals surface area contributed by atoms with Crippen molar-refractivity contribution in [2.75, 3.05) is 11.9 Å². The molecule has 1 aromatic carbocycles. The Hall–Kier alpha value is -3.26. The Kier molecular flexibility index (Phi) is 6.47. The number of halogens is 1. The first-order valence-corrected chi connectivity index (χ1v) is 11.3. The summed E-state index contributed by atoms with van der Waals surface area (Å²) in [4.78, 5) is 19.2. The lowest BCUT2D eigenvalue weighted by atomic mass is 9.99. The van der Waals surface area contributed by atoms with Crippen molar-refractivity contribution in [1.82, 2.24) is 19.8 Å². The number of anilines is 1. The van der Waals surface area contributed by atoms with Gasteiger partial charge in [-0.15, -0.1) is 0 Å². The fourth-order valence-electron chi connectivity index (χ4n) is 3.99. The van der Waals surface area contributed by atoms with Crippen molar-refractivity contribution in [3.63, 3.8) is 0 Å². The van der Waals surface area contributed by atoms with Gasteiger partial charge < -0.3 is 20.1 Å². The monoisotopic (exact) mass is 465 g/mol. The molecular weight excluding hydrogens is 437 g/mol. The first kappa shape index (κ1) is 22.9. The molecule has 3 aromatic rings. The van der Waals surface area contributed by atoms with Crippen molar-refractivity contribution in [3.8, 4) is 0 Å². The molecule has 1 amide bonds. The first-order chi connectivity index (χ1) is 15.7. The molecule has 3 heterocycles.